The van der Waals surface area contributed by atoms with Crippen LogP contribution in [0, 0.1) is 63.2 Å². The summed E-state index contributed by atoms with van der Waals surface area (Å²) in [5.74, 6) is 3.17. The molecule has 2 unspecified atom stereocenters. The van der Waals surface area contributed by atoms with Gasteiger partial charge in [-0.25, -0.2) is 0 Å². The molecule has 0 amide bonds. The van der Waals surface area contributed by atoms with E-state index in [1.807, 2.05) is 12.1 Å². The Morgan fingerprint density at radius 2 is 1.68 bits per heavy atom. The molecule has 0 saturated heterocycles. The summed E-state index contributed by atoms with van der Waals surface area (Å²) in [5, 5.41) is 19.9. The van der Waals surface area contributed by atoms with Crippen molar-refractivity contribution in [2.45, 2.75) is 50.0 Å². The summed E-state index contributed by atoms with van der Waals surface area (Å²) in [7, 11) is 0. The molecule has 0 heterocycles. The van der Waals surface area contributed by atoms with Gasteiger partial charge in [-0.05, 0) is 67.1 Å². The van der Waals surface area contributed by atoms with Crippen molar-refractivity contribution in [3.8, 4) is 5.75 Å². The summed E-state index contributed by atoms with van der Waals surface area (Å²) in [4.78, 5) is 0. The molecule has 22 heavy (non-hydrogen) atoms. The molecule has 0 aromatic heterocycles. The fourth-order valence-corrected chi connectivity index (χ4v) is 5.33. The van der Waals surface area contributed by atoms with Gasteiger partial charge in [0.2, 0.25) is 0 Å². The van der Waals surface area contributed by atoms with Crippen LogP contribution in [0.2, 0.25) is 0 Å². The van der Waals surface area contributed by atoms with Gasteiger partial charge < -0.3 is 24.6 Å². The molecule has 0 spiro atoms. The monoisotopic (exact) mass is 524 g/mol. The number of fused-ring (bicyclic) bond motifs is 5. The maximum atomic E-state index is 10.2. The van der Waals surface area contributed by atoms with E-state index in [-0.39, 0.29) is 50.6 Å². The van der Waals surface area contributed by atoms with Gasteiger partial charge >= 0.3 is 31.1 Å². The third-order valence-electron chi connectivity index (χ3n) is 6.18. The fraction of sp³-hybridized carbons (Fsp3) is 0.579. The number of rotatable bonds is 0. The van der Waals surface area contributed by atoms with E-state index in [0.29, 0.717) is 29.4 Å². The van der Waals surface area contributed by atoms with Crippen molar-refractivity contribution in [3.63, 3.8) is 0 Å². The van der Waals surface area contributed by atoms with E-state index in [2.05, 4.69) is 13.0 Å². The van der Waals surface area contributed by atoms with Crippen molar-refractivity contribution in [1.29, 1.82) is 0 Å². The normalized spacial score (nSPS) is 38.8. The molecule has 1 aromatic carbocycles. The average molecular weight is 524 g/mol. The van der Waals surface area contributed by atoms with E-state index in [1.165, 1.54) is 24.0 Å². The predicted octanol–water partition coefficient (Wildman–Crippen LogP) is 4.04. The third-order valence-corrected chi connectivity index (χ3v) is 6.18. The Balaban J connectivity index is 0.000000882. The Hall–Kier alpha value is 0.0319. The maximum Gasteiger partial charge on any atom is 2.00 e. The van der Waals surface area contributed by atoms with E-state index >= 15 is 0 Å². The molecule has 3 aliphatic carbocycles. The molecule has 4 rings (SSSR count). The topological polar surface area (TPSA) is 40.5 Å². The number of benzene rings is 1. The van der Waals surface area contributed by atoms with E-state index in [1.54, 1.807) is 0 Å². The van der Waals surface area contributed by atoms with Crippen LogP contribution in [0.15, 0.2) is 18.2 Å². The van der Waals surface area contributed by atoms with E-state index in [9.17, 15) is 10.2 Å². The number of phenolic OH excluding ortho intramolecular Hbond substituents is 1. The first-order valence-corrected chi connectivity index (χ1v) is 7.99. The van der Waals surface area contributed by atoms with Crippen LogP contribution in [0.3, 0.4) is 0 Å². The summed E-state index contributed by atoms with van der Waals surface area (Å²) >= 11 is 0. The second-order valence-electron chi connectivity index (χ2n) is 7.07. The summed E-state index contributed by atoms with van der Waals surface area (Å²) in [6.45, 7) is 4.33. The molecule has 6 atom stereocenters. The summed E-state index contributed by atoms with van der Waals surface area (Å²) in [5.41, 5.74) is 2.67. The zero-order valence-electron chi connectivity index (χ0n) is 13.3. The molecule has 118 valence electrons. The minimum Gasteiger partial charge on any atom is -0.508 e. The quantitative estimate of drug-likeness (QED) is 0.503. The molecular weight excluding hydrogens is 498 g/mol. The van der Waals surface area contributed by atoms with Gasteiger partial charge in [0.15, 0.2) is 0 Å². The van der Waals surface area contributed by atoms with Crippen molar-refractivity contribution in [2.75, 3.05) is 0 Å². The van der Waals surface area contributed by atoms with Gasteiger partial charge in [0, 0.05) is 0 Å². The first-order chi connectivity index (χ1) is 9.65. The molecular formula is C19H26O2U. The van der Waals surface area contributed by atoms with Crippen LogP contribution in [0.25, 0.3) is 0 Å². The van der Waals surface area contributed by atoms with Gasteiger partial charge in [-0.1, -0.05) is 18.1 Å². The summed E-state index contributed by atoms with van der Waals surface area (Å²) < 4.78 is 0. The minimum atomic E-state index is -0.0644. The summed E-state index contributed by atoms with van der Waals surface area (Å²) in [6.07, 6.45) is 5.58. The molecule has 0 aliphatic heterocycles. The van der Waals surface area contributed by atoms with Crippen LogP contribution in [0.5, 0.6) is 5.75 Å². The Morgan fingerprint density at radius 3 is 2.45 bits per heavy atom. The number of hydrogen-bond donors (Lipinski definition) is 2. The first-order valence-electron chi connectivity index (χ1n) is 7.99. The number of phenols is 1. The van der Waals surface area contributed by atoms with E-state index < -0.39 is 0 Å². The van der Waals surface area contributed by atoms with Gasteiger partial charge in [0.1, 0.15) is 5.75 Å². The van der Waals surface area contributed by atoms with Crippen LogP contribution >= 0.6 is 0 Å². The number of hydrogen-bond acceptors (Lipinski definition) is 2. The van der Waals surface area contributed by atoms with Crippen LogP contribution in [0.1, 0.15) is 55.1 Å². The molecule has 2 fully saturated rings. The standard InChI is InChI=1S/C18H23O2.CH3.U/c1-10-8-17-13(12-3-2-11(19)9-16(10)12)4-5-15-14(17)6-7-18(15)20;;/h2-3,9-10,13-15,17-20H,1,4-8H2;1H3;/q2*-1;+2/t10-,13-,14-,15?,17-,18?;;/m1../s1. The van der Waals surface area contributed by atoms with Crippen LogP contribution in [-0.2, 0) is 0 Å². The van der Waals surface area contributed by atoms with Crippen molar-refractivity contribution < 1.29 is 41.3 Å². The Morgan fingerprint density at radius 1 is 0.955 bits per heavy atom. The summed E-state index contributed by atoms with van der Waals surface area (Å²) in [6, 6.07) is 5.85. The Bertz CT molecular complexity index is 530. The van der Waals surface area contributed by atoms with Crippen molar-refractivity contribution in [1.82, 2.24) is 0 Å². The van der Waals surface area contributed by atoms with Gasteiger partial charge in [0.25, 0.3) is 0 Å². The molecule has 0 radical (unpaired) electrons. The van der Waals surface area contributed by atoms with Crippen molar-refractivity contribution >= 4 is 0 Å². The SMILES string of the molecule is [CH2-][C@@H]1C[C@@H]2[C@H](CCC3C(O)CC[C@H]32)c2ccc(O)cc21.[CH3-].[U+2]. The van der Waals surface area contributed by atoms with Crippen LogP contribution in [0.4, 0.5) is 0 Å². The predicted molar refractivity (Wildman–Crippen MR) is 84.9 cm³/mol. The Kier molecular flexibility index (Phi) is 5.74. The second-order valence-corrected chi connectivity index (χ2v) is 7.07. The Labute approximate surface area is 158 Å². The second kappa shape index (κ2) is 6.88. The van der Waals surface area contributed by atoms with Crippen molar-refractivity contribution in [2.24, 2.45) is 17.8 Å². The number of aromatic hydroxyl groups is 1. The van der Waals surface area contributed by atoms with Gasteiger partial charge in [-0.3, -0.25) is 0 Å². The fourth-order valence-electron chi connectivity index (χ4n) is 5.33. The largest absolute Gasteiger partial charge is 2.00 e. The maximum absolute atomic E-state index is 10.2. The minimum absolute atomic E-state index is 0. The van der Waals surface area contributed by atoms with Crippen LogP contribution < -0.4 is 0 Å². The molecule has 3 heteroatoms. The number of aliphatic hydroxyl groups is 1. The molecule has 3 aliphatic rings. The first kappa shape index (κ1) is 18.4. The van der Waals surface area contributed by atoms with Gasteiger partial charge in [-0.15, -0.1) is 5.92 Å². The molecule has 2 nitrogen and oxygen atoms in total. The van der Waals surface area contributed by atoms with Gasteiger partial charge in [-0.2, -0.15) is 0 Å². The number of aliphatic hydroxyl groups excluding tert-OH is 1. The van der Waals surface area contributed by atoms with E-state index in [0.717, 1.165) is 19.3 Å². The molecule has 2 N–H and O–H groups in total. The molecule has 2 saturated carbocycles. The molecule has 0 bridgehead atoms. The smallest absolute Gasteiger partial charge is 0.508 e. The zero-order valence-corrected chi connectivity index (χ0v) is 17.5. The van der Waals surface area contributed by atoms with Crippen LogP contribution in [-0.4, -0.2) is 16.3 Å². The molecule has 1 aromatic rings. The van der Waals surface area contributed by atoms with Crippen molar-refractivity contribution in [3.05, 3.63) is 43.7 Å². The van der Waals surface area contributed by atoms with E-state index in [4.69, 9.17) is 0 Å². The third kappa shape index (κ3) is 2.79. The van der Waals surface area contributed by atoms with Gasteiger partial charge in [0.05, 0.1) is 6.10 Å². The average Bonchev–Trinajstić information content (AvgIpc) is 2.81. The zero-order chi connectivity index (χ0) is 13.9.